The molecule has 0 saturated heterocycles. The van der Waals surface area contributed by atoms with Crippen molar-refractivity contribution in [1.29, 1.82) is 0 Å². The van der Waals surface area contributed by atoms with Crippen LogP contribution in [0.25, 0.3) is 11.0 Å². The topological polar surface area (TPSA) is 50.9 Å². The molecule has 7 heteroatoms. The second kappa shape index (κ2) is 2.60. The molecule has 0 fully saturated rings. The third-order valence-corrected chi connectivity index (χ3v) is 1.70. The van der Waals surface area contributed by atoms with Crippen LogP contribution >= 0.6 is 0 Å². The van der Waals surface area contributed by atoms with E-state index in [0.29, 0.717) is 0 Å². The van der Waals surface area contributed by atoms with Crippen LogP contribution in [0, 0.1) is 0 Å². The van der Waals surface area contributed by atoms with Crippen LogP contribution < -0.4 is 0 Å². The standard InChI is InChI=1S/C7H4F3N3O/c8-7(9,10)4-1-2-5-6(3-4)12-13(14)11-5/h1-3,14H. The number of aromatic nitrogens is 3. The predicted octanol–water partition coefficient (Wildman–Crippen LogP) is 1.69. The first-order chi connectivity index (χ1) is 6.47. The minimum Gasteiger partial charge on any atom is -0.396 e. The van der Waals surface area contributed by atoms with E-state index in [1.807, 2.05) is 0 Å². The summed E-state index contributed by atoms with van der Waals surface area (Å²) in [6.07, 6.45) is -4.41. The van der Waals surface area contributed by atoms with Crippen molar-refractivity contribution in [3.05, 3.63) is 23.8 Å². The maximum absolute atomic E-state index is 12.2. The Bertz CT molecular complexity index is 476. The van der Waals surface area contributed by atoms with E-state index in [1.54, 1.807) is 0 Å². The summed E-state index contributed by atoms with van der Waals surface area (Å²) < 4.78 is 36.6. The smallest absolute Gasteiger partial charge is 0.396 e. The van der Waals surface area contributed by atoms with Gasteiger partial charge in [0, 0.05) is 0 Å². The zero-order valence-electron chi connectivity index (χ0n) is 6.65. The second-order valence-electron chi connectivity index (χ2n) is 2.67. The van der Waals surface area contributed by atoms with Crippen molar-refractivity contribution in [1.82, 2.24) is 15.2 Å². The van der Waals surface area contributed by atoms with Gasteiger partial charge in [0.05, 0.1) is 5.56 Å². The van der Waals surface area contributed by atoms with Crippen LogP contribution in [-0.2, 0) is 6.18 Å². The van der Waals surface area contributed by atoms with Gasteiger partial charge in [0.1, 0.15) is 11.0 Å². The fourth-order valence-electron chi connectivity index (χ4n) is 1.08. The number of nitrogens with zero attached hydrogens (tertiary/aromatic N) is 3. The highest BCUT2D eigenvalue weighted by molar-refractivity contribution is 5.74. The Hall–Kier alpha value is -1.79. The Balaban J connectivity index is 2.62. The summed E-state index contributed by atoms with van der Waals surface area (Å²) in [5, 5.41) is 15.5. The molecule has 1 heterocycles. The molecule has 0 bridgehead atoms. The zero-order chi connectivity index (χ0) is 10.3. The lowest BCUT2D eigenvalue weighted by atomic mass is 10.2. The van der Waals surface area contributed by atoms with Crippen molar-refractivity contribution in [3.8, 4) is 0 Å². The number of benzene rings is 1. The third-order valence-electron chi connectivity index (χ3n) is 1.70. The van der Waals surface area contributed by atoms with Gasteiger partial charge in [-0.05, 0) is 23.2 Å². The van der Waals surface area contributed by atoms with Gasteiger partial charge in [0.15, 0.2) is 0 Å². The Morgan fingerprint density at radius 3 is 2.43 bits per heavy atom. The van der Waals surface area contributed by atoms with E-state index >= 15 is 0 Å². The van der Waals surface area contributed by atoms with Crippen molar-refractivity contribution < 1.29 is 18.4 Å². The average Bonchev–Trinajstić information content (AvgIpc) is 2.41. The number of alkyl halides is 3. The molecule has 0 aliphatic heterocycles. The third kappa shape index (κ3) is 1.36. The summed E-state index contributed by atoms with van der Waals surface area (Å²) >= 11 is 0. The van der Waals surface area contributed by atoms with E-state index < -0.39 is 11.7 Å². The fraction of sp³-hybridized carbons (Fsp3) is 0.143. The summed E-state index contributed by atoms with van der Waals surface area (Å²) in [5.41, 5.74) is -0.603. The molecular formula is C7H4F3N3O. The Kier molecular flexibility index (Phi) is 1.63. The molecule has 1 aromatic heterocycles. The molecule has 2 rings (SSSR count). The fourth-order valence-corrected chi connectivity index (χ4v) is 1.08. The van der Waals surface area contributed by atoms with Crippen molar-refractivity contribution in [3.63, 3.8) is 0 Å². The quantitative estimate of drug-likeness (QED) is 0.663. The second-order valence-corrected chi connectivity index (χ2v) is 2.67. The van der Waals surface area contributed by atoms with Crippen molar-refractivity contribution >= 4 is 11.0 Å². The molecule has 0 unspecified atom stereocenters. The molecule has 0 aliphatic rings. The van der Waals surface area contributed by atoms with Gasteiger partial charge in [-0.2, -0.15) is 13.2 Å². The number of rotatable bonds is 0. The van der Waals surface area contributed by atoms with Crippen LogP contribution in [0.2, 0.25) is 0 Å². The normalized spacial score (nSPS) is 12.2. The molecule has 2 aromatic rings. The lowest BCUT2D eigenvalue weighted by Crippen LogP contribution is -2.04. The van der Waals surface area contributed by atoms with Gasteiger partial charge in [0.25, 0.3) is 0 Å². The molecular weight excluding hydrogens is 199 g/mol. The SMILES string of the molecule is On1nc2ccc(C(F)(F)F)cc2n1. The highest BCUT2D eigenvalue weighted by Crippen LogP contribution is 2.30. The maximum atomic E-state index is 12.2. The van der Waals surface area contributed by atoms with E-state index in [4.69, 9.17) is 5.21 Å². The van der Waals surface area contributed by atoms with Gasteiger partial charge >= 0.3 is 6.18 Å². The van der Waals surface area contributed by atoms with Gasteiger partial charge in [0.2, 0.25) is 0 Å². The van der Waals surface area contributed by atoms with Gasteiger partial charge in [-0.3, -0.25) is 0 Å². The van der Waals surface area contributed by atoms with Gasteiger partial charge < -0.3 is 5.21 Å². The summed E-state index contributed by atoms with van der Waals surface area (Å²) in [4.78, 5) is 0.241. The maximum Gasteiger partial charge on any atom is 0.416 e. The summed E-state index contributed by atoms with van der Waals surface area (Å²) in [7, 11) is 0. The van der Waals surface area contributed by atoms with Crippen LogP contribution in [0.4, 0.5) is 13.2 Å². The van der Waals surface area contributed by atoms with Gasteiger partial charge in [-0.15, -0.1) is 10.2 Å². The van der Waals surface area contributed by atoms with Gasteiger partial charge in [-0.1, -0.05) is 0 Å². The number of hydrogen-bond donors (Lipinski definition) is 1. The van der Waals surface area contributed by atoms with E-state index in [9.17, 15) is 13.2 Å². The molecule has 0 radical (unpaired) electrons. The Labute approximate surface area is 75.5 Å². The minimum atomic E-state index is -4.41. The molecule has 74 valence electrons. The summed E-state index contributed by atoms with van der Waals surface area (Å²) in [6, 6.07) is 2.87. The molecule has 1 aromatic carbocycles. The van der Waals surface area contributed by atoms with E-state index in [1.165, 1.54) is 0 Å². The summed E-state index contributed by atoms with van der Waals surface area (Å²) in [5.74, 6) is 0. The first kappa shape index (κ1) is 8.79. The lowest BCUT2D eigenvalue weighted by molar-refractivity contribution is -0.137. The number of halogens is 3. The Morgan fingerprint density at radius 1 is 1.14 bits per heavy atom. The highest BCUT2D eigenvalue weighted by atomic mass is 19.4. The molecule has 0 aliphatic carbocycles. The first-order valence-corrected chi connectivity index (χ1v) is 3.60. The van der Waals surface area contributed by atoms with Crippen LogP contribution in [0.1, 0.15) is 5.56 Å². The van der Waals surface area contributed by atoms with Crippen LogP contribution in [0.5, 0.6) is 0 Å². The predicted molar refractivity (Wildman–Crippen MR) is 39.7 cm³/mol. The van der Waals surface area contributed by atoms with Crippen molar-refractivity contribution in [2.45, 2.75) is 6.18 Å². The molecule has 1 N–H and O–H groups in total. The molecule has 0 saturated carbocycles. The van der Waals surface area contributed by atoms with E-state index in [2.05, 4.69) is 10.2 Å². The van der Waals surface area contributed by atoms with E-state index in [0.717, 1.165) is 18.2 Å². The molecule has 4 nitrogen and oxygen atoms in total. The van der Waals surface area contributed by atoms with Crippen LogP contribution in [-0.4, -0.2) is 20.4 Å². The highest BCUT2D eigenvalue weighted by Gasteiger charge is 2.30. The van der Waals surface area contributed by atoms with Crippen LogP contribution in [0.15, 0.2) is 18.2 Å². The van der Waals surface area contributed by atoms with Crippen LogP contribution in [0.3, 0.4) is 0 Å². The molecule has 0 atom stereocenters. The molecule has 14 heavy (non-hydrogen) atoms. The monoisotopic (exact) mass is 203 g/mol. The number of fused-ring (bicyclic) bond motifs is 1. The van der Waals surface area contributed by atoms with E-state index in [-0.39, 0.29) is 16.0 Å². The summed E-state index contributed by atoms with van der Waals surface area (Å²) in [6.45, 7) is 0. The average molecular weight is 203 g/mol. The largest absolute Gasteiger partial charge is 0.416 e. The van der Waals surface area contributed by atoms with Gasteiger partial charge in [-0.25, -0.2) is 0 Å². The number of hydrogen-bond acceptors (Lipinski definition) is 3. The van der Waals surface area contributed by atoms with Crippen molar-refractivity contribution in [2.75, 3.05) is 0 Å². The lowest BCUT2D eigenvalue weighted by Gasteiger charge is -2.04. The minimum absolute atomic E-state index is 0.00215. The Morgan fingerprint density at radius 2 is 1.79 bits per heavy atom. The zero-order valence-corrected chi connectivity index (χ0v) is 6.65. The first-order valence-electron chi connectivity index (χ1n) is 3.60. The van der Waals surface area contributed by atoms with Crippen molar-refractivity contribution in [2.24, 2.45) is 0 Å². The molecule has 0 amide bonds. The molecule has 0 spiro atoms.